The van der Waals surface area contributed by atoms with Crippen LogP contribution >= 0.6 is 0 Å². The van der Waals surface area contributed by atoms with Crippen LogP contribution in [0.15, 0.2) is 0 Å². The van der Waals surface area contributed by atoms with Gasteiger partial charge in [0, 0.05) is 13.1 Å². The third-order valence-electron chi connectivity index (χ3n) is 1.76. The smallest absolute Gasteiger partial charge is 0.0607 e. The molecule has 0 aromatic carbocycles. The number of hydrogen-bond donors (Lipinski definition) is 1. The van der Waals surface area contributed by atoms with Gasteiger partial charge in [-0.2, -0.15) is 0 Å². The summed E-state index contributed by atoms with van der Waals surface area (Å²) in [5.41, 5.74) is 3.13. The average Bonchev–Trinajstić information content (AvgIpc) is 2.13. The second-order valence-electron chi connectivity index (χ2n) is 2.85. The highest BCUT2D eigenvalue weighted by Gasteiger charge is 2.12. The summed E-state index contributed by atoms with van der Waals surface area (Å²) < 4.78 is 5.36. The first kappa shape index (κ1) is 7.98. The molecule has 1 aliphatic heterocycles. The van der Waals surface area contributed by atoms with Gasteiger partial charge >= 0.3 is 0 Å². The maximum atomic E-state index is 5.36. The summed E-state index contributed by atoms with van der Waals surface area (Å²) in [6.45, 7) is 6.05. The van der Waals surface area contributed by atoms with Gasteiger partial charge in [0.25, 0.3) is 0 Å². The largest absolute Gasteiger partial charge is 0.380 e. The minimum absolute atomic E-state index is 0.648. The zero-order chi connectivity index (χ0) is 7.40. The third kappa shape index (κ3) is 2.25. The highest BCUT2D eigenvalue weighted by Crippen LogP contribution is 2.02. The zero-order valence-corrected chi connectivity index (χ0v) is 6.76. The van der Waals surface area contributed by atoms with Gasteiger partial charge in [-0.3, -0.25) is 5.43 Å². The molecule has 0 spiro atoms. The van der Waals surface area contributed by atoms with Gasteiger partial charge < -0.3 is 4.74 Å². The number of hydrogen-bond acceptors (Lipinski definition) is 3. The topological polar surface area (TPSA) is 24.5 Å². The SMILES string of the molecule is CNN1CCOCC(C)C1. The highest BCUT2D eigenvalue weighted by molar-refractivity contribution is 4.61. The highest BCUT2D eigenvalue weighted by atomic mass is 16.5. The van der Waals surface area contributed by atoms with E-state index in [0.29, 0.717) is 5.92 Å². The average molecular weight is 144 g/mol. The Balaban J connectivity index is 2.30. The maximum absolute atomic E-state index is 5.36. The van der Waals surface area contributed by atoms with Crippen LogP contribution in [0.2, 0.25) is 0 Å². The molecule has 3 heteroatoms. The molecule has 1 heterocycles. The summed E-state index contributed by atoms with van der Waals surface area (Å²) in [6.07, 6.45) is 0. The zero-order valence-electron chi connectivity index (χ0n) is 6.76. The fourth-order valence-electron chi connectivity index (χ4n) is 1.18. The van der Waals surface area contributed by atoms with E-state index >= 15 is 0 Å². The Bertz CT molecular complexity index is 97.6. The lowest BCUT2D eigenvalue weighted by atomic mass is 10.2. The Morgan fingerprint density at radius 1 is 1.60 bits per heavy atom. The first-order chi connectivity index (χ1) is 4.83. The van der Waals surface area contributed by atoms with Crippen LogP contribution in [0.1, 0.15) is 6.92 Å². The Kier molecular flexibility index (Phi) is 3.12. The van der Waals surface area contributed by atoms with E-state index in [1.165, 1.54) is 0 Å². The lowest BCUT2D eigenvalue weighted by Crippen LogP contribution is -2.38. The second-order valence-corrected chi connectivity index (χ2v) is 2.85. The van der Waals surface area contributed by atoms with E-state index in [-0.39, 0.29) is 0 Å². The molecule has 0 radical (unpaired) electrons. The van der Waals surface area contributed by atoms with E-state index < -0.39 is 0 Å². The Labute approximate surface area is 62.3 Å². The molecule has 0 aliphatic carbocycles. The standard InChI is InChI=1S/C7H16N2O/c1-7-5-9(8-2)3-4-10-6-7/h7-8H,3-6H2,1-2H3. The normalized spacial score (nSPS) is 30.0. The first-order valence-corrected chi connectivity index (χ1v) is 3.83. The van der Waals surface area contributed by atoms with E-state index in [4.69, 9.17) is 4.74 Å². The molecule has 0 saturated carbocycles. The van der Waals surface area contributed by atoms with Crippen LogP contribution in [0, 0.1) is 5.92 Å². The summed E-state index contributed by atoms with van der Waals surface area (Å²) in [5, 5.41) is 2.19. The summed E-state index contributed by atoms with van der Waals surface area (Å²) in [5.74, 6) is 0.648. The maximum Gasteiger partial charge on any atom is 0.0607 e. The molecular formula is C7H16N2O. The predicted molar refractivity (Wildman–Crippen MR) is 40.6 cm³/mol. The van der Waals surface area contributed by atoms with Gasteiger partial charge in [0.05, 0.1) is 13.2 Å². The van der Waals surface area contributed by atoms with E-state index in [1.54, 1.807) is 0 Å². The molecule has 0 aromatic heterocycles. The van der Waals surface area contributed by atoms with Crippen LogP contribution in [-0.2, 0) is 4.74 Å². The van der Waals surface area contributed by atoms with Crippen molar-refractivity contribution in [2.24, 2.45) is 5.92 Å². The molecule has 0 aromatic rings. The number of hydrazine groups is 1. The van der Waals surface area contributed by atoms with Gasteiger partial charge in [-0.25, -0.2) is 5.01 Å². The lowest BCUT2D eigenvalue weighted by Gasteiger charge is -2.19. The van der Waals surface area contributed by atoms with E-state index in [9.17, 15) is 0 Å². The first-order valence-electron chi connectivity index (χ1n) is 3.83. The fourth-order valence-corrected chi connectivity index (χ4v) is 1.18. The van der Waals surface area contributed by atoms with Crippen LogP contribution < -0.4 is 5.43 Å². The van der Waals surface area contributed by atoms with Crippen molar-refractivity contribution < 1.29 is 4.74 Å². The van der Waals surface area contributed by atoms with Crippen molar-refractivity contribution in [1.29, 1.82) is 0 Å². The summed E-state index contributed by atoms with van der Waals surface area (Å²) in [4.78, 5) is 0. The monoisotopic (exact) mass is 144 g/mol. The Morgan fingerprint density at radius 2 is 2.40 bits per heavy atom. The molecule has 3 nitrogen and oxygen atoms in total. The molecule has 1 saturated heterocycles. The van der Waals surface area contributed by atoms with Crippen molar-refractivity contribution >= 4 is 0 Å². The van der Waals surface area contributed by atoms with Crippen LogP contribution in [0.4, 0.5) is 0 Å². The predicted octanol–water partition coefficient (Wildman–Crippen LogP) is 0.0891. The minimum Gasteiger partial charge on any atom is -0.380 e. The lowest BCUT2D eigenvalue weighted by molar-refractivity contribution is 0.123. The van der Waals surface area contributed by atoms with Gasteiger partial charge in [0.2, 0.25) is 0 Å². The van der Waals surface area contributed by atoms with E-state index in [2.05, 4.69) is 17.4 Å². The van der Waals surface area contributed by atoms with Crippen LogP contribution in [0.5, 0.6) is 0 Å². The molecule has 1 fully saturated rings. The van der Waals surface area contributed by atoms with Crippen molar-refractivity contribution in [3.63, 3.8) is 0 Å². The van der Waals surface area contributed by atoms with Crippen LogP contribution in [0.3, 0.4) is 0 Å². The van der Waals surface area contributed by atoms with Crippen LogP contribution in [0.25, 0.3) is 0 Å². The van der Waals surface area contributed by atoms with Crippen molar-refractivity contribution in [2.45, 2.75) is 6.92 Å². The molecule has 1 unspecified atom stereocenters. The fraction of sp³-hybridized carbons (Fsp3) is 1.00. The molecular weight excluding hydrogens is 128 g/mol. The number of ether oxygens (including phenoxy) is 1. The quantitative estimate of drug-likeness (QED) is 0.564. The van der Waals surface area contributed by atoms with Gasteiger partial charge in [-0.05, 0) is 13.0 Å². The molecule has 0 amide bonds. The van der Waals surface area contributed by atoms with Crippen LogP contribution in [-0.4, -0.2) is 38.4 Å². The van der Waals surface area contributed by atoms with Gasteiger partial charge in [0.15, 0.2) is 0 Å². The van der Waals surface area contributed by atoms with E-state index in [0.717, 1.165) is 26.3 Å². The number of nitrogens with zero attached hydrogens (tertiary/aromatic N) is 1. The molecule has 60 valence electrons. The molecule has 1 atom stereocenters. The van der Waals surface area contributed by atoms with Gasteiger partial charge in [-0.1, -0.05) is 6.92 Å². The Hall–Kier alpha value is -0.120. The summed E-state index contributed by atoms with van der Waals surface area (Å²) in [7, 11) is 1.96. The van der Waals surface area contributed by atoms with Crippen molar-refractivity contribution in [1.82, 2.24) is 10.4 Å². The van der Waals surface area contributed by atoms with Crippen molar-refractivity contribution in [2.75, 3.05) is 33.4 Å². The van der Waals surface area contributed by atoms with Gasteiger partial charge in [-0.15, -0.1) is 0 Å². The third-order valence-corrected chi connectivity index (χ3v) is 1.76. The molecule has 10 heavy (non-hydrogen) atoms. The Morgan fingerprint density at radius 3 is 3.10 bits per heavy atom. The second kappa shape index (κ2) is 3.91. The number of nitrogens with one attached hydrogen (secondary N) is 1. The molecule has 1 aliphatic rings. The summed E-state index contributed by atoms with van der Waals surface area (Å²) >= 11 is 0. The molecule has 1 N–H and O–H groups in total. The minimum atomic E-state index is 0.648. The number of rotatable bonds is 1. The van der Waals surface area contributed by atoms with Crippen molar-refractivity contribution in [3.8, 4) is 0 Å². The van der Waals surface area contributed by atoms with Crippen molar-refractivity contribution in [3.05, 3.63) is 0 Å². The molecule has 0 bridgehead atoms. The van der Waals surface area contributed by atoms with E-state index in [1.807, 2.05) is 7.05 Å². The molecule has 1 rings (SSSR count). The van der Waals surface area contributed by atoms with Gasteiger partial charge in [0.1, 0.15) is 0 Å². The summed E-state index contributed by atoms with van der Waals surface area (Å²) in [6, 6.07) is 0.